The van der Waals surface area contributed by atoms with Crippen LogP contribution in [-0.2, 0) is 4.74 Å². The highest BCUT2D eigenvalue weighted by molar-refractivity contribution is 5.87. The zero-order valence-electron chi connectivity index (χ0n) is 19.4. The van der Waals surface area contributed by atoms with Crippen molar-refractivity contribution in [1.82, 2.24) is 24.5 Å². The molecule has 0 atom stereocenters. The van der Waals surface area contributed by atoms with E-state index in [9.17, 15) is 0 Å². The molecule has 1 saturated heterocycles. The first-order valence-electron chi connectivity index (χ1n) is 11.1. The van der Waals surface area contributed by atoms with E-state index in [-0.39, 0.29) is 0 Å². The predicted molar refractivity (Wildman–Crippen MR) is 131 cm³/mol. The van der Waals surface area contributed by atoms with Gasteiger partial charge in [-0.25, -0.2) is 9.97 Å². The Kier molecular flexibility index (Phi) is 6.05. The number of pyridine rings is 1. The monoisotopic (exact) mass is 458 g/mol. The molecular formula is C24H26N8O2. The Morgan fingerprint density at radius 1 is 1.09 bits per heavy atom. The van der Waals surface area contributed by atoms with Crippen LogP contribution in [0.2, 0.25) is 0 Å². The third-order valence-electron chi connectivity index (χ3n) is 5.57. The number of ether oxygens (including phenoxy) is 2. The lowest BCUT2D eigenvalue weighted by molar-refractivity contribution is 0.122. The van der Waals surface area contributed by atoms with Gasteiger partial charge in [0, 0.05) is 25.4 Å². The van der Waals surface area contributed by atoms with Gasteiger partial charge in [-0.3, -0.25) is 9.99 Å². The number of methoxy groups -OCH3 is 1. The maximum absolute atomic E-state index is 5.51. The molecule has 1 aromatic carbocycles. The summed E-state index contributed by atoms with van der Waals surface area (Å²) >= 11 is 0. The molecule has 0 saturated carbocycles. The molecule has 3 aromatic heterocycles. The van der Waals surface area contributed by atoms with Gasteiger partial charge in [0.1, 0.15) is 5.82 Å². The van der Waals surface area contributed by atoms with Crippen LogP contribution in [0, 0.1) is 13.8 Å². The SMILES string of the molecule is COc1cc(-n2c(C)nc3c(NN=Cc4cccc(C)c4)nc(N4CCOCC4)nc32)ccn1. The van der Waals surface area contributed by atoms with E-state index in [0.717, 1.165) is 17.1 Å². The Bertz CT molecular complexity index is 1340. The van der Waals surface area contributed by atoms with Gasteiger partial charge in [0.15, 0.2) is 17.0 Å². The zero-order chi connectivity index (χ0) is 23.5. The molecule has 0 amide bonds. The van der Waals surface area contributed by atoms with Gasteiger partial charge in [0.25, 0.3) is 0 Å². The van der Waals surface area contributed by atoms with Crippen LogP contribution in [0.4, 0.5) is 11.8 Å². The molecule has 0 aliphatic carbocycles. The Balaban J connectivity index is 1.60. The number of nitrogens with zero attached hydrogens (tertiary/aromatic N) is 7. The average molecular weight is 459 g/mol. The van der Waals surface area contributed by atoms with Crippen molar-refractivity contribution in [3.8, 4) is 11.6 Å². The van der Waals surface area contributed by atoms with E-state index in [4.69, 9.17) is 24.4 Å². The number of fused-ring (bicyclic) bond motifs is 1. The predicted octanol–water partition coefficient (Wildman–Crippen LogP) is 3.12. The fourth-order valence-electron chi connectivity index (χ4n) is 3.92. The lowest BCUT2D eigenvalue weighted by atomic mass is 10.2. The first-order chi connectivity index (χ1) is 16.6. The summed E-state index contributed by atoms with van der Waals surface area (Å²) in [6, 6.07) is 11.9. The fourth-order valence-corrected chi connectivity index (χ4v) is 3.92. The number of hydrogen-bond acceptors (Lipinski definition) is 9. The maximum Gasteiger partial charge on any atom is 0.229 e. The molecule has 0 spiro atoms. The zero-order valence-corrected chi connectivity index (χ0v) is 19.4. The summed E-state index contributed by atoms with van der Waals surface area (Å²) < 4.78 is 12.8. The minimum atomic E-state index is 0.516. The molecule has 34 heavy (non-hydrogen) atoms. The van der Waals surface area contributed by atoms with E-state index < -0.39 is 0 Å². The highest BCUT2D eigenvalue weighted by Crippen LogP contribution is 2.28. The molecule has 174 valence electrons. The molecule has 1 aliphatic heterocycles. The van der Waals surface area contributed by atoms with E-state index >= 15 is 0 Å². The normalized spacial score (nSPS) is 14.1. The highest BCUT2D eigenvalue weighted by Gasteiger charge is 2.21. The number of rotatable bonds is 6. The molecular weight excluding hydrogens is 432 g/mol. The smallest absolute Gasteiger partial charge is 0.229 e. The van der Waals surface area contributed by atoms with Gasteiger partial charge < -0.3 is 14.4 Å². The van der Waals surface area contributed by atoms with E-state index in [1.807, 2.05) is 35.8 Å². The topological polar surface area (TPSA) is 103 Å². The van der Waals surface area contributed by atoms with Crippen molar-refractivity contribution in [3.05, 3.63) is 59.5 Å². The lowest BCUT2D eigenvalue weighted by Crippen LogP contribution is -2.37. The van der Waals surface area contributed by atoms with Crippen LogP contribution in [-0.4, -0.2) is 64.1 Å². The quantitative estimate of drug-likeness (QED) is 0.347. The van der Waals surface area contributed by atoms with Crippen LogP contribution in [0.15, 0.2) is 47.7 Å². The molecule has 5 rings (SSSR count). The van der Waals surface area contributed by atoms with Gasteiger partial charge in [-0.1, -0.05) is 29.8 Å². The van der Waals surface area contributed by atoms with Crippen molar-refractivity contribution in [2.45, 2.75) is 13.8 Å². The summed E-state index contributed by atoms with van der Waals surface area (Å²) in [4.78, 5) is 20.8. The van der Waals surface area contributed by atoms with E-state index in [1.165, 1.54) is 5.56 Å². The minimum Gasteiger partial charge on any atom is -0.481 e. The molecule has 0 radical (unpaired) electrons. The van der Waals surface area contributed by atoms with Crippen molar-refractivity contribution in [2.24, 2.45) is 5.10 Å². The third kappa shape index (κ3) is 4.40. The number of nitrogens with one attached hydrogen (secondary N) is 1. The highest BCUT2D eigenvalue weighted by atomic mass is 16.5. The molecule has 1 N–H and O–H groups in total. The molecule has 10 heteroatoms. The number of imidazole rings is 1. The van der Waals surface area contributed by atoms with Crippen LogP contribution in [0.25, 0.3) is 16.9 Å². The van der Waals surface area contributed by atoms with Gasteiger partial charge in [-0.2, -0.15) is 15.1 Å². The van der Waals surface area contributed by atoms with E-state index in [2.05, 4.69) is 39.5 Å². The van der Waals surface area contributed by atoms with Crippen LogP contribution >= 0.6 is 0 Å². The summed E-state index contributed by atoms with van der Waals surface area (Å²) in [6.45, 7) is 6.69. The third-order valence-corrected chi connectivity index (χ3v) is 5.57. The average Bonchev–Trinajstić information content (AvgIpc) is 3.20. The molecule has 1 fully saturated rings. The summed E-state index contributed by atoms with van der Waals surface area (Å²) in [5, 5.41) is 4.44. The molecule has 0 unspecified atom stereocenters. The Hall–Kier alpha value is -4.05. The Morgan fingerprint density at radius 3 is 2.74 bits per heavy atom. The fraction of sp³-hybridized carbons (Fsp3) is 0.292. The van der Waals surface area contributed by atoms with Gasteiger partial charge in [-0.05, 0) is 25.5 Å². The summed E-state index contributed by atoms with van der Waals surface area (Å²) in [5.41, 5.74) is 7.43. The number of aromatic nitrogens is 5. The number of hydrazone groups is 1. The van der Waals surface area contributed by atoms with E-state index in [1.54, 1.807) is 19.5 Å². The Labute approximate surface area is 197 Å². The second-order valence-corrected chi connectivity index (χ2v) is 7.98. The van der Waals surface area contributed by atoms with Crippen LogP contribution in [0.3, 0.4) is 0 Å². The maximum atomic E-state index is 5.51. The van der Waals surface area contributed by atoms with Crippen LogP contribution in [0.5, 0.6) is 5.88 Å². The summed E-state index contributed by atoms with van der Waals surface area (Å²) in [6.07, 6.45) is 3.47. The van der Waals surface area contributed by atoms with Crippen molar-refractivity contribution in [2.75, 3.05) is 43.7 Å². The number of aryl methyl sites for hydroxylation is 2. The molecule has 1 aliphatic rings. The van der Waals surface area contributed by atoms with Crippen molar-refractivity contribution < 1.29 is 9.47 Å². The minimum absolute atomic E-state index is 0.516. The number of morpholine rings is 1. The first-order valence-corrected chi connectivity index (χ1v) is 11.1. The number of hydrogen-bond donors (Lipinski definition) is 1. The largest absolute Gasteiger partial charge is 0.481 e. The van der Waals surface area contributed by atoms with Gasteiger partial charge >= 0.3 is 0 Å². The Morgan fingerprint density at radius 2 is 1.94 bits per heavy atom. The standard InChI is InChI=1S/C24H26N8O2/c1-16-5-4-6-18(13-16)15-26-30-22-21-23(29-24(28-22)31-9-11-34-12-10-31)32(17(2)27-21)19-7-8-25-20(14-19)33-3/h4-8,13-15H,9-12H2,1-3H3,(H,28,29,30). The van der Waals surface area contributed by atoms with Gasteiger partial charge in [0.05, 0.1) is 32.2 Å². The first kappa shape index (κ1) is 21.8. The molecule has 0 bridgehead atoms. The van der Waals surface area contributed by atoms with E-state index in [0.29, 0.717) is 55.1 Å². The van der Waals surface area contributed by atoms with Gasteiger partial charge in [-0.15, -0.1) is 0 Å². The number of benzene rings is 1. The van der Waals surface area contributed by atoms with Crippen LogP contribution in [0.1, 0.15) is 17.0 Å². The lowest BCUT2D eigenvalue weighted by Gasteiger charge is -2.27. The summed E-state index contributed by atoms with van der Waals surface area (Å²) in [7, 11) is 1.60. The van der Waals surface area contributed by atoms with Crippen molar-refractivity contribution in [3.63, 3.8) is 0 Å². The van der Waals surface area contributed by atoms with Crippen molar-refractivity contribution in [1.29, 1.82) is 0 Å². The number of anilines is 2. The van der Waals surface area contributed by atoms with Gasteiger partial charge in [0.2, 0.25) is 11.8 Å². The second kappa shape index (κ2) is 9.44. The summed E-state index contributed by atoms with van der Waals surface area (Å²) in [5.74, 6) is 2.43. The van der Waals surface area contributed by atoms with Crippen LogP contribution < -0.4 is 15.1 Å². The molecule has 10 nitrogen and oxygen atoms in total. The molecule has 4 aromatic rings. The second-order valence-electron chi connectivity index (χ2n) is 7.98. The molecule has 4 heterocycles. The van der Waals surface area contributed by atoms with Crippen molar-refractivity contribution >= 4 is 29.1 Å².